The molecule has 6 nitrogen and oxygen atoms in total. The van der Waals surface area contributed by atoms with Gasteiger partial charge < -0.3 is 20.4 Å². The topological polar surface area (TPSA) is 64.7 Å². The molecule has 3 aliphatic heterocycles. The Bertz CT molecular complexity index is 389. The molecule has 0 aliphatic carbocycles. The number of nitrogens with one attached hydrogen (secondary N) is 2. The third kappa shape index (κ3) is 2.49. The van der Waals surface area contributed by atoms with Crippen molar-refractivity contribution in [3.05, 3.63) is 0 Å². The normalized spacial score (nSPS) is 26.4. The van der Waals surface area contributed by atoms with Gasteiger partial charge in [0.15, 0.2) is 0 Å². The highest BCUT2D eigenvalue weighted by Gasteiger charge is 2.35. The smallest absolute Gasteiger partial charge is 0.317 e. The first kappa shape index (κ1) is 13.7. The van der Waals surface area contributed by atoms with Crippen molar-refractivity contribution in [1.29, 1.82) is 0 Å². The Morgan fingerprint density at radius 3 is 2.45 bits per heavy atom. The van der Waals surface area contributed by atoms with Crippen molar-refractivity contribution in [2.24, 2.45) is 11.8 Å². The second-order valence-electron chi connectivity index (χ2n) is 6.19. The molecule has 2 N–H and O–H groups in total. The van der Waals surface area contributed by atoms with E-state index in [4.69, 9.17) is 0 Å². The number of urea groups is 1. The van der Waals surface area contributed by atoms with Gasteiger partial charge in [-0.25, -0.2) is 4.79 Å². The van der Waals surface area contributed by atoms with Gasteiger partial charge in [-0.3, -0.25) is 4.79 Å². The molecule has 3 heterocycles. The van der Waals surface area contributed by atoms with Crippen molar-refractivity contribution in [3.63, 3.8) is 0 Å². The summed E-state index contributed by atoms with van der Waals surface area (Å²) >= 11 is 0. The van der Waals surface area contributed by atoms with Crippen LogP contribution in [0.5, 0.6) is 0 Å². The van der Waals surface area contributed by atoms with Crippen LogP contribution in [0.3, 0.4) is 0 Å². The van der Waals surface area contributed by atoms with Crippen molar-refractivity contribution < 1.29 is 9.59 Å². The van der Waals surface area contributed by atoms with Gasteiger partial charge in [0.05, 0.1) is 0 Å². The largest absolute Gasteiger partial charge is 0.342 e. The Morgan fingerprint density at radius 2 is 1.95 bits per heavy atom. The summed E-state index contributed by atoms with van der Waals surface area (Å²) in [5.74, 6) is 0.924. The van der Waals surface area contributed by atoms with E-state index in [0.717, 1.165) is 52.1 Å². The summed E-state index contributed by atoms with van der Waals surface area (Å²) in [6, 6.07) is 0.367. The fraction of sp³-hybridized carbons (Fsp3) is 0.857. The number of piperidine rings is 1. The van der Waals surface area contributed by atoms with Crippen LogP contribution in [-0.2, 0) is 4.79 Å². The van der Waals surface area contributed by atoms with Gasteiger partial charge in [0.25, 0.3) is 0 Å². The lowest BCUT2D eigenvalue weighted by Crippen LogP contribution is -2.53. The number of hydrogen-bond donors (Lipinski definition) is 2. The van der Waals surface area contributed by atoms with E-state index in [1.165, 1.54) is 0 Å². The van der Waals surface area contributed by atoms with Gasteiger partial charge in [0.2, 0.25) is 5.91 Å². The molecule has 3 saturated heterocycles. The summed E-state index contributed by atoms with van der Waals surface area (Å²) in [5, 5.41) is 6.08. The van der Waals surface area contributed by atoms with Crippen LogP contribution >= 0.6 is 0 Å². The summed E-state index contributed by atoms with van der Waals surface area (Å²) in [7, 11) is 0. The molecule has 112 valence electrons. The molecule has 6 heteroatoms. The number of amides is 3. The third-order valence-electron chi connectivity index (χ3n) is 5.02. The fourth-order valence-corrected chi connectivity index (χ4v) is 3.39. The quantitative estimate of drug-likeness (QED) is 0.756. The molecular formula is C14H24N4O2. The maximum atomic E-state index is 12.4. The number of rotatable bonds is 3. The molecule has 0 saturated carbocycles. The number of hydrogen-bond acceptors (Lipinski definition) is 3. The maximum absolute atomic E-state index is 12.4. The average molecular weight is 280 g/mol. The van der Waals surface area contributed by atoms with E-state index in [0.29, 0.717) is 17.9 Å². The second kappa shape index (κ2) is 5.60. The average Bonchev–Trinajstić information content (AvgIpc) is 2.82. The van der Waals surface area contributed by atoms with E-state index in [2.05, 4.69) is 10.6 Å². The minimum absolute atomic E-state index is 0.0590. The van der Waals surface area contributed by atoms with Gasteiger partial charge in [0.1, 0.15) is 0 Å². The summed E-state index contributed by atoms with van der Waals surface area (Å²) < 4.78 is 0. The van der Waals surface area contributed by atoms with Crippen molar-refractivity contribution in [2.45, 2.75) is 25.8 Å². The van der Waals surface area contributed by atoms with Crippen LogP contribution in [0.2, 0.25) is 0 Å². The SMILES string of the molecule is CC(C(=O)N1CCC(N2CCNC2=O)CC1)C1CNC1. The van der Waals surface area contributed by atoms with Crippen molar-refractivity contribution >= 4 is 11.9 Å². The number of carbonyl (C=O) groups excluding carboxylic acids is 2. The van der Waals surface area contributed by atoms with Gasteiger partial charge in [-0.2, -0.15) is 0 Å². The molecule has 0 aromatic rings. The monoisotopic (exact) mass is 280 g/mol. The van der Waals surface area contributed by atoms with Crippen LogP contribution in [0.15, 0.2) is 0 Å². The minimum atomic E-state index is 0.0590. The Hall–Kier alpha value is -1.30. The molecule has 0 radical (unpaired) electrons. The zero-order valence-corrected chi connectivity index (χ0v) is 12.1. The molecule has 3 aliphatic rings. The maximum Gasteiger partial charge on any atom is 0.317 e. The van der Waals surface area contributed by atoms with E-state index >= 15 is 0 Å². The molecule has 0 spiro atoms. The number of carbonyl (C=O) groups is 2. The highest BCUT2D eigenvalue weighted by molar-refractivity contribution is 5.79. The first-order valence-corrected chi connectivity index (χ1v) is 7.71. The lowest BCUT2D eigenvalue weighted by Gasteiger charge is -2.39. The van der Waals surface area contributed by atoms with E-state index in [1.807, 2.05) is 16.7 Å². The van der Waals surface area contributed by atoms with Crippen LogP contribution < -0.4 is 10.6 Å². The number of likely N-dealkylation sites (tertiary alicyclic amines) is 1. The molecule has 0 aromatic carbocycles. The Kier molecular flexibility index (Phi) is 3.83. The zero-order chi connectivity index (χ0) is 14.1. The standard InChI is InChI=1S/C14H24N4O2/c1-10(11-8-15-9-11)13(19)17-5-2-12(3-6-17)18-7-4-16-14(18)20/h10-12,15H,2-9H2,1H3,(H,16,20). The first-order chi connectivity index (χ1) is 9.66. The summed E-state index contributed by atoms with van der Waals surface area (Å²) in [5.41, 5.74) is 0. The minimum Gasteiger partial charge on any atom is -0.342 e. The van der Waals surface area contributed by atoms with E-state index in [-0.39, 0.29) is 11.9 Å². The van der Waals surface area contributed by atoms with Crippen LogP contribution in [0.4, 0.5) is 4.79 Å². The molecule has 3 fully saturated rings. The summed E-state index contributed by atoms with van der Waals surface area (Å²) in [6.45, 7) is 7.13. The molecule has 0 bridgehead atoms. The lowest BCUT2D eigenvalue weighted by atomic mass is 9.87. The highest BCUT2D eigenvalue weighted by Crippen LogP contribution is 2.23. The molecule has 20 heavy (non-hydrogen) atoms. The van der Waals surface area contributed by atoms with Crippen LogP contribution in [0.25, 0.3) is 0 Å². The zero-order valence-electron chi connectivity index (χ0n) is 12.1. The van der Waals surface area contributed by atoms with Gasteiger partial charge >= 0.3 is 6.03 Å². The molecule has 3 rings (SSSR count). The van der Waals surface area contributed by atoms with Gasteiger partial charge in [-0.05, 0) is 31.8 Å². The molecule has 3 amide bonds. The third-order valence-corrected chi connectivity index (χ3v) is 5.02. The van der Waals surface area contributed by atoms with Crippen molar-refractivity contribution in [2.75, 3.05) is 39.3 Å². The van der Waals surface area contributed by atoms with Crippen LogP contribution in [0.1, 0.15) is 19.8 Å². The van der Waals surface area contributed by atoms with Crippen LogP contribution in [0, 0.1) is 11.8 Å². The van der Waals surface area contributed by atoms with E-state index in [9.17, 15) is 9.59 Å². The predicted molar refractivity (Wildman–Crippen MR) is 75.2 cm³/mol. The molecule has 1 atom stereocenters. The first-order valence-electron chi connectivity index (χ1n) is 7.71. The summed E-state index contributed by atoms with van der Waals surface area (Å²) in [4.78, 5) is 28.0. The summed E-state index contributed by atoms with van der Waals surface area (Å²) in [6.07, 6.45) is 1.82. The Morgan fingerprint density at radius 1 is 1.25 bits per heavy atom. The van der Waals surface area contributed by atoms with E-state index < -0.39 is 0 Å². The fourth-order valence-electron chi connectivity index (χ4n) is 3.39. The van der Waals surface area contributed by atoms with E-state index in [1.54, 1.807) is 0 Å². The van der Waals surface area contributed by atoms with Gasteiger partial charge in [-0.1, -0.05) is 6.92 Å². The number of nitrogens with zero attached hydrogens (tertiary/aromatic N) is 2. The second-order valence-corrected chi connectivity index (χ2v) is 6.19. The van der Waals surface area contributed by atoms with Gasteiger partial charge in [-0.15, -0.1) is 0 Å². The Balaban J connectivity index is 1.50. The Labute approximate surface area is 119 Å². The van der Waals surface area contributed by atoms with Crippen molar-refractivity contribution in [3.8, 4) is 0 Å². The predicted octanol–water partition coefficient (Wildman–Crippen LogP) is -0.142. The lowest BCUT2D eigenvalue weighted by molar-refractivity contribution is -0.138. The van der Waals surface area contributed by atoms with Crippen molar-refractivity contribution in [1.82, 2.24) is 20.4 Å². The highest BCUT2D eigenvalue weighted by atomic mass is 16.2. The molecule has 1 unspecified atom stereocenters. The van der Waals surface area contributed by atoms with Crippen LogP contribution in [-0.4, -0.2) is 67.0 Å². The molecular weight excluding hydrogens is 256 g/mol. The van der Waals surface area contributed by atoms with Gasteiger partial charge in [0, 0.05) is 38.1 Å². The molecule has 0 aromatic heterocycles.